The second kappa shape index (κ2) is 6.18. The fraction of sp³-hybridized carbons (Fsp3) is 0.357. The van der Waals surface area contributed by atoms with Gasteiger partial charge in [0, 0.05) is 37.1 Å². The molecule has 0 aliphatic heterocycles. The van der Waals surface area contributed by atoms with E-state index in [9.17, 15) is 9.59 Å². The van der Waals surface area contributed by atoms with E-state index in [-0.39, 0.29) is 23.1 Å². The van der Waals surface area contributed by atoms with Crippen LogP contribution in [-0.4, -0.2) is 22.0 Å². The van der Waals surface area contributed by atoms with E-state index in [1.54, 1.807) is 19.4 Å². The molecule has 6 nitrogen and oxygen atoms in total. The summed E-state index contributed by atoms with van der Waals surface area (Å²) in [5, 5.41) is 2.74. The Labute approximate surface area is 116 Å². The molecule has 0 aliphatic rings. The predicted molar refractivity (Wildman–Crippen MR) is 73.6 cm³/mol. The van der Waals surface area contributed by atoms with Crippen molar-refractivity contribution in [3.8, 4) is 0 Å². The maximum absolute atomic E-state index is 11.9. The van der Waals surface area contributed by atoms with Crippen LogP contribution in [0.25, 0.3) is 0 Å². The lowest BCUT2D eigenvalue weighted by Crippen LogP contribution is -2.26. The Morgan fingerprint density at radius 3 is 2.95 bits per heavy atom. The third kappa shape index (κ3) is 3.57. The summed E-state index contributed by atoms with van der Waals surface area (Å²) in [6.45, 7) is 4.18. The van der Waals surface area contributed by atoms with Crippen LogP contribution >= 0.6 is 0 Å². The molecule has 2 rings (SSSR count). The Bertz CT molecular complexity index is 631. The number of carbonyl (C=O) groups is 1. The van der Waals surface area contributed by atoms with Crippen molar-refractivity contribution in [3.63, 3.8) is 0 Å². The van der Waals surface area contributed by atoms with Crippen LogP contribution in [0.4, 0.5) is 0 Å². The molecular formula is C14H17N3O3. The zero-order chi connectivity index (χ0) is 14.5. The second-order valence-electron chi connectivity index (χ2n) is 4.67. The predicted octanol–water partition coefficient (Wildman–Crippen LogP) is 1.53. The highest BCUT2D eigenvalue weighted by atomic mass is 16.3. The molecule has 0 saturated carbocycles. The van der Waals surface area contributed by atoms with E-state index in [1.807, 2.05) is 17.7 Å². The molecule has 0 unspecified atom stereocenters. The van der Waals surface area contributed by atoms with Gasteiger partial charge in [-0.2, -0.15) is 0 Å². The fourth-order valence-electron chi connectivity index (χ4n) is 1.88. The number of aromatic nitrogens is 2. The standard InChI is InChI=1S/C14H17N3O3/c1-10(17-6-5-15-9-17)3-4-16-14(19)13-8-12(18)7-11(2)20-13/h5-10H,3-4H2,1-2H3,(H,16,19)/t10-/m1/s1. The number of nitrogens with one attached hydrogen (secondary N) is 1. The molecule has 2 aromatic heterocycles. The van der Waals surface area contributed by atoms with Crippen LogP contribution in [0.1, 0.15) is 35.7 Å². The normalized spacial score (nSPS) is 12.1. The SMILES string of the molecule is Cc1cc(=O)cc(C(=O)NCC[C@@H](C)n2ccnc2)o1. The largest absolute Gasteiger partial charge is 0.456 e. The van der Waals surface area contributed by atoms with Gasteiger partial charge < -0.3 is 14.3 Å². The lowest BCUT2D eigenvalue weighted by Gasteiger charge is -2.13. The van der Waals surface area contributed by atoms with Crippen LogP contribution in [0.15, 0.2) is 40.1 Å². The Kier molecular flexibility index (Phi) is 4.34. The minimum Gasteiger partial charge on any atom is -0.456 e. The van der Waals surface area contributed by atoms with Gasteiger partial charge in [0.05, 0.1) is 6.33 Å². The Balaban J connectivity index is 1.88. The molecule has 106 valence electrons. The monoisotopic (exact) mass is 275 g/mol. The lowest BCUT2D eigenvalue weighted by atomic mass is 10.2. The molecule has 2 aromatic rings. The summed E-state index contributed by atoms with van der Waals surface area (Å²) in [5.41, 5.74) is -0.231. The lowest BCUT2D eigenvalue weighted by molar-refractivity contribution is 0.0920. The molecular weight excluding hydrogens is 258 g/mol. The van der Waals surface area contributed by atoms with Gasteiger partial charge in [-0.1, -0.05) is 0 Å². The van der Waals surface area contributed by atoms with Crippen molar-refractivity contribution >= 4 is 5.91 Å². The number of imidazole rings is 1. The van der Waals surface area contributed by atoms with Crippen molar-refractivity contribution < 1.29 is 9.21 Å². The molecule has 1 atom stereocenters. The molecule has 1 N–H and O–H groups in total. The first-order valence-corrected chi connectivity index (χ1v) is 6.43. The molecule has 2 heterocycles. The van der Waals surface area contributed by atoms with E-state index in [1.165, 1.54) is 12.1 Å². The van der Waals surface area contributed by atoms with E-state index in [0.29, 0.717) is 12.3 Å². The molecule has 0 spiro atoms. The van der Waals surface area contributed by atoms with Gasteiger partial charge in [0.25, 0.3) is 5.91 Å². The third-order valence-corrected chi connectivity index (χ3v) is 3.00. The summed E-state index contributed by atoms with van der Waals surface area (Å²) in [6, 6.07) is 2.78. The van der Waals surface area contributed by atoms with Gasteiger partial charge in [-0.25, -0.2) is 4.98 Å². The average molecular weight is 275 g/mol. The van der Waals surface area contributed by atoms with Gasteiger partial charge in [-0.05, 0) is 20.3 Å². The molecule has 6 heteroatoms. The Hall–Kier alpha value is -2.37. The molecule has 1 amide bonds. The fourth-order valence-corrected chi connectivity index (χ4v) is 1.88. The summed E-state index contributed by atoms with van der Waals surface area (Å²) in [6.07, 6.45) is 6.10. The molecule has 20 heavy (non-hydrogen) atoms. The van der Waals surface area contributed by atoms with Crippen molar-refractivity contribution in [2.45, 2.75) is 26.3 Å². The van der Waals surface area contributed by atoms with Crippen LogP contribution < -0.4 is 10.7 Å². The highest BCUT2D eigenvalue weighted by Crippen LogP contribution is 2.08. The van der Waals surface area contributed by atoms with Crippen LogP contribution in [0.5, 0.6) is 0 Å². The number of hydrogen-bond acceptors (Lipinski definition) is 4. The number of aryl methyl sites for hydroxylation is 1. The summed E-state index contributed by atoms with van der Waals surface area (Å²) in [7, 11) is 0. The minimum atomic E-state index is -0.372. The van der Waals surface area contributed by atoms with Gasteiger partial charge in [0.1, 0.15) is 5.76 Å². The van der Waals surface area contributed by atoms with E-state index < -0.39 is 0 Å². The van der Waals surface area contributed by atoms with Crippen LogP contribution in [0.3, 0.4) is 0 Å². The molecule has 0 bridgehead atoms. The zero-order valence-electron chi connectivity index (χ0n) is 11.5. The van der Waals surface area contributed by atoms with Crippen molar-refractivity contribution in [1.29, 1.82) is 0 Å². The van der Waals surface area contributed by atoms with E-state index in [4.69, 9.17) is 4.42 Å². The molecule has 0 aromatic carbocycles. The smallest absolute Gasteiger partial charge is 0.287 e. The first-order chi connectivity index (χ1) is 9.56. The van der Waals surface area contributed by atoms with Crippen molar-refractivity contribution in [3.05, 3.63) is 52.6 Å². The van der Waals surface area contributed by atoms with Crippen molar-refractivity contribution in [2.24, 2.45) is 0 Å². The summed E-state index contributed by atoms with van der Waals surface area (Å²) in [4.78, 5) is 27.1. The molecule has 0 fully saturated rings. The maximum atomic E-state index is 11.9. The Morgan fingerprint density at radius 1 is 1.50 bits per heavy atom. The maximum Gasteiger partial charge on any atom is 0.287 e. The summed E-state index contributed by atoms with van der Waals surface area (Å²) < 4.78 is 7.19. The zero-order valence-corrected chi connectivity index (χ0v) is 11.5. The van der Waals surface area contributed by atoms with Gasteiger partial charge in [0.2, 0.25) is 0 Å². The van der Waals surface area contributed by atoms with Crippen molar-refractivity contribution in [1.82, 2.24) is 14.9 Å². The van der Waals surface area contributed by atoms with E-state index in [0.717, 1.165) is 6.42 Å². The second-order valence-corrected chi connectivity index (χ2v) is 4.67. The number of amides is 1. The van der Waals surface area contributed by atoms with Crippen molar-refractivity contribution in [2.75, 3.05) is 6.54 Å². The number of carbonyl (C=O) groups excluding carboxylic acids is 1. The van der Waals surface area contributed by atoms with Gasteiger partial charge in [0.15, 0.2) is 11.2 Å². The highest BCUT2D eigenvalue weighted by molar-refractivity contribution is 5.91. The highest BCUT2D eigenvalue weighted by Gasteiger charge is 2.10. The number of hydrogen-bond donors (Lipinski definition) is 1. The first kappa shape index (κ1) is 14.0. The van der Waals surface area contributed by atoms with E-state index in [2.05, 4.69) is 10.3 Å². The molecule has 0 radical (unpaired) electrons. The molecule has 0 saturated heterocycles. The first-order valence-electron chi connectivity index (χ1n) is 6.43. The van der Waals surface area contributed by atoms with Gasteiger partial charge in [-0.15, -0.1) is 0 Å². The quantitative estimate of drug-likeness (QED) is 0.897. The van der Waals surface area contributed by atoms with Gasteiger partial charge >= 0.3 is 0 Å². The summed E-state index contributed by atoms with van der Waals surface area (Å²) >= 11 is 0. The summed E-state index contributed by atoms with van der Waals surface area (Å²) in [5.74, 6) is 0.100. The Morgan fingerprint density at radius 2 is 2.30 bits per heavy atom. The average Bonchev–Trinajstić information content (AvgIpc) is 2.91. The number of rotatable bonds is 5. The third-order valence-electron chi connectivity index (χ3n) is 3.00. The minimum absolute atomic E-state index is 0.0466. The van der Waals surface area contributed by atoms with Crippen LogP contribution in [0, 0.1) is 6.92 Å². The topological polar surface area (TPSA) is 77.1 Å². The van der Waals surface area contributed by atoms with E-state index >= 15 is 0 Å². The molecule has 0 aliphatic carbocycles. The van der Waals surface area contributed by atoms with Crippen LogP contribution in [0.2, 0.25) is 0 Å². The van der Waals surface area contributed by atoms with Gasteiger partial charge in [-0.3, -0.25) is 9.59 Å². The van der Waals surface area contributed by atoms with Crippen LogP contribution in [-0.2, 0) is 0 Å². The number of nitrogens with zero attached hydrogens (tertiary/aromatic N) is 2.